The lowest BCUT2D eigenvalue weighted by atomic mass is 10.0. The molecular formula is C16H14Cl2F2N4O2. The van der Waals surface area contributed by atoms with Crippen molar-refractivity contribution in [2.24, 2.45) is 0 Å². The summed E-state index contributed by atoms with van der Waals surface area (Å²) in [5.74, 6) is -1.97. The highest BCUT2D eigenvalue weighted by molar-refractivity contribution is 6.35. The van der Waals surface area contributed by atoms with Crippen LogP contribution in [0.25, 0.3) is 0 Å². The molecule has 0 aromatic carbocycles. The quantitative estimate of drug-likeness (QED) is 0.745. The van der Waals surface area contributed by atoms with Crippen molar-refractivity contribution < 1.29 is 18.4 Å². The molecule has 26 heavy (non-hydrogen) atoms. The maximum absolute atomic E-state index is 14.3. The first-order chi connectivity index (χ1) is 12.0. The standard InChI is InChI=1S/C16H14Cl2F2N4O2/c1-7-4-5-21-11(16(2,3)20)10(7)22-15(26)24-14(25)8-6-9(19)13(18)23-12(8)17/h4-6H,1-3H3,(H2,22,24,25,26). The van der Waals surface area contributed by atoms with Gasteiger partial charge in [-0.2, -0.15) is 0 Å². The summed E-state index contributed by atoms with van der Waals surface area (Å²) in [6.07, 6.45) is 1.40. The molecule has 0 atom stereocenters. The monoisotopic (exact) mass is 402 g/mol. The van der Waals surface area contributed by atoms with Gasteiger partial charge in [0.2, 0.25) is 0 Å². The third kappa shape index (κ3) is 4.44. The Balaban J connectivity index is 2.23. The van der Waals surface area contributed by atoms with Gasteiger partial charge in [0.25, 0.3) is 5.91 Å². The minimum atomic E-state index is -1.83. The highest BCUT2D eigenvalue weighted by Crippen LogP contribution is 2.31. The molecule has 3 amide bonds. The lowest BCUT2D eigenvalue weighted by Gasteiger charge is -2.20. The molecule has 0 aliphatic heterocycles. The van der Waals surface area contributed by atoms with Crippen LogP contribution in [0.3, 0.4) is 0 Å². The van der Waals surface area contributed by atoms with Crippen LogP contribution < -0.4 is 10.6 Å². The van der Waals surface area contributed by atoms with Crippen LogP contribution in [0.15, 0.2) is 18.3 Å². The maximum atomic E-state index is 14.3. The molecule has 2 aromatic rings. The average Bonchev–Trinajstić information content (AvgIpc) is 2.51. The molecule has 138 valence electrons. The SMILES string of the molecule is Cc1ccnc(C(C)(C)F)c1NC(=O)NC(=O)c1cc(F)c(Cl)nc1Cl. The molecule has 0 spiro atoms. The third-order valence-electron chi connectivity index (χ3n) is 3.32. The Bertz CT molecular complexity index is 885. The molecule has 0 fully saturated rings. The normalized spacial score (nSPS) is 11.2. The van der Waals surface area contributed by atoms with E-state index in [0.717, 1.165) is 6.07 Å². The van der Waals surface area contributed by atoms with Crippen LogP contribution in [-0.4, -0.2) is 21.9 Å². The summed E-state index contributed by atoms with van der Waals surface area (Å²) in [7, 11) is 0. The molecule has 0 saturated heterocycles. The van der Waals surface area contributed by atoms with Gasteiger partial charge < -0.3 is 5.32 Å². The van der Waals surface area contributed by atoms with Gasteiger partial charge in [-0.1, -0.05) is 23.2 Å². The fourth-order valence-corrected chi connectivity index (χ4v) is 2.49. The second-order valence-electron chi connectivity index (χ2n) is 5.83. The molecular weight excluding hydrogens is 389 g/mol. The summed E-state index contributed by atoms with van der Waals surface area (Å²) in [5, 5.41) is 3.47. The van der Waals surface area contributed by atoms with E-state index in [0.29, 0.717) is 5.56 Å². The molecule has 2 rings (SSSR count). The van der Waals surface area contributed by atoms with Crippen LogP contribution in [0.1, 0.15) is 35.5 Å². The summed E-state index contributed by atoms with van der Waals surface area (Å²) in [6, 6.07) is 1.36. The van der Waals surface area contributed by atoms with Gasteiger partial charge in [0, 0.05) is 6.20 Å². The van der Waals surface area contributed by atoms with Crippen molar-refractivity contribution >= 4 is 40.8 Å². The van der Waals surface area contributed by atoms with E-state index in [4.69, 9.17) is 23.2 Å². The minimum absolute atomic E-state index is 0.00247. The van der Waals surface area contributed by atoms with E-state index < -0.39 is 28.6 Å². The molecule has 0 aliphatic rings. The molecule has 2 aromatic heterocycles. The number of hydrogen-bond donors (Lipinski definition) is 2. The van der Waals surface area contributed by atoms with E-state index in [-0.39, 0.29) is 22.1 Å². The number of halogens is 4. The van der Waals surface area contributed by atoms with Crippen molar-refractivity contribution in [2.45, 2.75) is 26.4 Å². The zero-order valence-corrected chi connectivity index (χ0v) is 15.5. The molecule has 0 saturated carbocycles. The molecule has 0 aliphatic carbocycles. The van der Waals surface area contributed by atoms with Gasteiger partial charge in [0.15, 0.2) is 11.0 Å². The van der Waals surface area contributed by atoms with Gasteiger partial charge in [-0.25, -0.2) is 18.6 Å². The zero-order chi connectivity index (χ0) is 19.6. The van der Waals surface area contributed by atoms with Crippen molar-refractivity contribution in [3.05, 3.63) is 51.3 Å². The van der Waals surface area contributed by atoms with Gasteiger partial charge in [0.1, 0.15) is 16.5 Å². The molecule has 0 radical (unpaired) electrons. The number of aromatic nitrogens is 2. The minimum Gasteiger partial charge on any atom is -0.306 e. The second kappa shape index (κ2) is 7.51. The maximum Gasteiger partial charge on any atom is 0.326 e. The first kappa shape index (κ1) is 20.0. The number of rotatable bonds is 3. The second-order valence-corrected chi connectivity index (χ2v) is 6.55. The van der Waals surface area contributed by atoms with Crippen LogP contribution >= 0.6 is 23.2 Å². The summed E-state index contributed by atoms with van der Waals surface area (Å²) in [4.78, 5) is 31.6. The third-order valence-corrected chi connectivity index (χ3v) is 3.87. The van der Waals surface area contributed by atoms with Crippen molar-refractivity contribution in [3.8, 4) is 0 Å². The number of anilines is 1. The summed E-state index contributed by atoms with van der Waals surface area (Å²) in [6.45, 7) is 4.21. The van der Waals surface area contributed by atoms with Crippen molar-refractivity contribution in [3.63, 3.8) is 0 Å². The highest BCUT2D eigenvalue weighted by atomic mass is 35.5. The Morgan fingerprint density at radius 2 is 1.88 bits per heavy atom. The molecule has 2 N–H and O–H groups in total. The van der Waals surface area contributed by atoms with Crippen molar-refractivity contribution in [1.29, 1.82) is 0 Å². The van der Waals surface area contributed by atoms with E-state index in [1.807, 2.05) is 5.32 Å². The van der Waals surface area contributed by atoms with Crippen LogP contribution in [-0.2, 0) is 5.67 Å². The Kier molecular flexibility index (Phi) is 5.77. The Labute approximate surface area is 157 Å². The number of alkyl halides is 1. The number of nitrogens with zero attached hydrogens (tertiary/aromatic N) is 2. The number of nitrogens with one attached hydrogen (secondary N) is 2. The van der Waals surface area contributed by atoms with Crippen LogP contribution in [0.4, 0.5) is 19.3 Å². The van der Waals surface area contributed by atoms with Gasteiger partial charge in [-0.15, -0.1) is 0 Å². The van der Waals surface area contributed by atoms with E-state index in [1.165, 1.54) is 20.0 Å². The average molecular weight is 403 g/mol. The van der Waals surface area contributed by atoms with Gasteiger partial charge in [-0.05, 0) is 38.5 Å². The number of imide groups is 1. The Hall–Kier alpha value is -2.32. The number of carbonyl (C=O) groups is 2. The summed E-state index contributed by atoms with van der Waals surface area (Å²) < 4.78 is 27.8. The van der Waals surface area contributed by atoms with Gasteiger partial charge in [-0.3, -0.25) is 15.1 Å². The number of aryl methyl sites for hydroxylation is 1. The fourth-order valence-electron chi connectivity index (χ4n) is 2.09. The largest absolute Gasteiger partial charge is 0.326 e. The number of carbonyl (C=O) groups excluding carboxylic acids is 2. The molecule has 2 heterocycles. The lowest BCUT2D eigenvalue weighted by molar-refractivity contribution is 0.0966. The smallest absolute Gasteiger partial charge is 0.306 e. The predicted molar refractivity (Wildman–Crippen MR) is 93.8 cm³/mol. The summed E-state index contributed by atoms with van der Waals surface area (Å²) in [5.41, 5.74) is -1.54. The van der Waals surface area contributed by atoms with E-state index in [9.17, 15) is 18.4 Å². The fraction of sp³-hybridized carbons (Fsp3) is 0.250. The summed E-state index contributed by atoms with van der Waals surface area (Å²) >= 11 is 11.2. The topological polar surface area (TPSA) is 84.0 Å². The first-order valence-electron chi connectivity index (χ1n) is 7.29. The van der Waals surface area contributed by atoms with E-state index in [1.54, 1.807) is 13.0 Å². The van der Waals surface area contributed by atoms with Crippen LogP contribution in [0, 0.1) is 12.7 Å². The zero-order valence-electron chi connectivity index (χ0n) is 14.0. The van der Waals surface area contributed by atoms with E-state index >= 15 is 0 Å². The lowest BCUT2D eigenvalue weighted by Crippen LogP contribution is -2.35. The Morgan fingerprint density at radius 3 is 2.50 bits per heavy atom. The van der Waals surface area contributed by atoms with Crippen LogP contribution in [0.5, 0.6) is 0 Å². The highest BCUT2D eigenvalue weighted by Gasteiger charge is 2.27. The number of pyridine rings is 2. The predicted octanol–water partition coefficient (Wildman–Crippen LogP) is 4.40. The number of amides is 3. The first-order valence-corrected chi connectivity index (χ1v) is 8.05. The molecule has 6 nitrogen and oxygen atoms in total. The number of hydrogen-bond acceptors (Lipinski definition) is 4. The van der Waals surface area contributed by atoms with Gasteiger partial charge >= 0.3 is 6.03 Å². The Morgan fingerprint density at radius 1 is 1.23 bits per heavy atom. The van der Waals surface area contributed by atoms with E-state index in [2.05, 4.69) is 15.3 Å². The molecule has 0 bridgehead atoms. The van der Waals surface area contributed by atoms with Crippen molar-refractivity contribution in [2.75, 3.05) is 5.32 Å². The van der Waals surface area contributed by atoms with Crippen molar-refractivity contribution in [1.82, 2.24) is 15.3 Å². The molecule has 10 heteroatoms. The van der Waals surface area contributed by atoms with Gasteiger partial charge in [0.05, 0.1) is 11.3 Å². The van der Waals surface area contributed by atoms with Crippen LogP contribution in [0.2, 0.25) is 10.3 Å². The number of urea groups is 1. The molecule has 0 unspecified atom stereocenters.